The van der Waals surface area contributed by atoms with Crippen LogP contribution in [0.4, 0.5) is 5.69 Å². The molecule has 0 aliphatic rings. The Morgan fingerprint density at radius 2 is 2.06 bits per heavy atom. The highest BCUT2D eigenvalue weighted by Crippen LogP contribution is 2.21. The highest BCUT2D eigenvalue weighted by molar-refractivity contribution is 5.83. The molecule has 4 heteroatoms. The third-order valence-electron chi connectivity index (χ3n) is 2.59. The predicted molar refractivity (Wildman–Crippen MR) is 69.5 cm³/mol. The smallest absolute Gasteiger partial charge is 0.244 e. The van der Waals surface area contributed by atoms with E-state index in [-0.39, 0.29) is 11.9 Å². The van der Waals surface area contributed by atoms with Gasteiger partial charge in [-0.3, -0.25) is 4.79 Å². The summed E-state index contributed by atoms with van der Waals surface area (Å²) in [5, 5.41) is 3.17. The second kappa shape index (κ2) is 5.57. The van der Waals surface area contributed by atoms with Gasteiger partial charge in [0.1, 0.15) is 11.8 Å². The van der Waals surface area contributed by atoms with Crippen molar-refractivity contribution in [3.8, 4) is 5.75 Å². The first kappa shape index (κ1) is 13.4. The molecule has 1 N–H and O–H groups in total. The molecule has 0 fully saturated rings. The Bertz CT molecular complexity index is 402. The lowest BCUT2D eigenvalue weighted by Gasteiger charge is -2.19. The Balaban J connectivity index is 2.75. The van der Waals surface area contributed by atoms with Crippen LogP contribution in [0, 0.1) is 6.92 Å². The third kappa shape index (κ3) is 3.37. The van der Waals surface area contributed by atoms with E-state index in [4.69, 9.17) is 4.74 Å². The van der Waals surface area contributed by atoms with Gasteiger partial charge in [0.2, 0.25) is 5.91 Å². The number of likely N-dealkylation sites (N-methyl/N-ethyl adjacent to an activating group) is 1. The fourth-order valence-corrected chi connectivity index (χ4v) is 1.67. The van der Waals surface area contributed by atoms with Gasteiger partial charge in [-0.2, -0.15) is 0 Å². The number of hydrogen-bond acceptors (Lipinski definition) is 3. The second-order valence-electron chi connectivity index (χ2n) is 4.28. The molecule has 1 aromatic carbocycles. The van der Waals surface area contributed by atoms with Crippen LogP contribution in [0.5, 0.6) is 5.75 Å². The van der Waals surface area contributed by atoms with Crippen molar-refractivity contribution in [2.45, 2.75) is 19.9 Å². The standard InChI is InChI=1S/C13H20N2O2/c1-9-8-11(6-7-12(9)17-5)14-10(2)13(16)15(3)4/h6-8,10,14H,1-5H3. The molecule has 1 aromatic rings. The van der Waals surface area contributed by atoms with E-state index in [1.807, 2.05) is 32.0 Å². The lowest BCUT2D eigenvalue weighted by molar-refractivity contribution is -0.129. The Labute approximate surface area is 103 Å². The number of rotatable bonds is 4. The molecule has 1 atom stereocenters. The zero-order valence-electron chi connectivity index (χ0n) is 11.1. The number of hydrogen-bond donors (Lipinski definition) is 1. The normalized spacial score (nSPS) is 11.8. The summed E-state index contributed by atoms with van der Waals surface area (Å²) in [6, 6.07) is 5.53. The zero-order valence-corrected chi connectivity index (χ0v) is 11.1. The summed E-state index contributed by atoms with van der Waals surface area (Å²) in [5.74, 6) is 0.903. The monoisotopic (exact) mass is 236 g/mol. The SMILES string of the molecule is COc1ccc(NC(C)C(=O)N(C)C)cc1C. The van der Waals surface area contributed by atoms with Gasteiger partial charge in [0.05, 0.1) is 7.11 Å². The van der Waals surface area contributed by atoms with Crippen LogP contribution in [0.25, 0.3) is 0 Å². The maximum Gasteiger partial charge on any atom is 0.244 e. The lowest BCUT2D eigenvalue weighted by Crippen LogP contribution is -2.36. The topological polar surface area (TPSA) is 41.6 Å². The van der Waals surface area contributed by atoms with Crippen molar-refractivity contribution in [3.63, 3.8) is 0 Å². The average molecular weight is 236 g/mol. The molecular weight excluding hydrogens is 216 g/mol. The van der Waals surface area contributed by atoms with E-state index in [2.05, 4.69) is 5.32 Å². The van der Waals surface area contributed by atoms with E-state index in [1.165, 1.54) is 0 Å². The second-order valence-corrected chi connectivity index (χ2v) is 4.28. The van der Waals surface area contributed by atoms with Gasteiger partial charge in [0, 0.05) is 19.8 Å². The molecule has 0 spiro atoms. The summed E-state index contributed by atoms with van der Waals surface area (Å²) in [6.07, 6.45) is 0. The molecule has 0 saturated carbocycles. The number of benzene rings is 1. The number of carbonyl (C=O) groups is 1. The molecule has 0 aromatic heterocycles. The molecule has 1 rings (SSSR count). The maximum atomic E-state index is 11.7. The highest BCUT2D eigenvalue weighted by Gasteiger charge is 2.14. The minimum Gasteiger partial charge on any atom is -0.496 e. The van der Waals surface area contributed by atoms with Gasteiger partial charge in [-0.15, -0.1) is 0 Å². The molecule has 0 aliphatic carbocycles. The van der Waals surface area contributed by atoms with Crippen LogP contribution in [0.3, 0.4) is 0 Å². The van der Waals surface area contributed by atoms with Crippen LogP contribution in [0.1, 0.15) is 12.5 Å². The number of anilines is 1. The van der Waals surface area contributed by atoms with Gasteiger partial charge >= 0.3 is 0 Å². The van der Waals surface area contributed by atoms with Crippen LogP contribution in [0.2, 0.25) is 0 Å². The Morgan fingerprint density at radius 1 is 1.41 bits per heavy atom. The Kier molecular flexibility index (Phi) is 4.37. The van der Waals surface area contributed by atoms with E-state index in [0.717, 1.165) is 17.0 Å². The summed E-state index contributed by atoms with van der Waals surface area (Å²) >= 11 is 0. The Hall–Kier alpha value is -1.71. The lowest BCUT2D eigenvalue weighted by atomic mass is 10.2. The summed E-state index contributed by atoms with van der Waals surface area (Å²) in [4.78, 5) is 13.3. The molecule has 0 aliphatic heterocycles. The molecule has 17 heavy (non-hydrogen) atoms. The molecular formula is C13H20N2O2. The molecule has 0 saturated heterocycles. The van der Waals surface area contributed by atoms with Crippen LogP contribution >= 0.6 is 0 Å². The van der Waals surface area contributed by atoms with Crippen molar-refractivity contribution < 1.29 is 9.53 Å². The van der Waals surface area contributed by atoms with Gasteiger partial charge in [-0.25, -0.2) is 0 Å². The van der Waals surface area contributed by atoms with Crippen molar-refractivity contribution in [1.82, 2.24) is 4.90 Å². The third-order valence-corrected chi connectivity index (χ3v) is 2.59. The number of methoxy groups -OCH3 is 1. The first-order chi connectivity index (χ1) is 7.95. The highest BCUT2D eigenvalue weighted by atomic mass is 16.5. The molecule has 94 valence electrons. The van der Waals surface area contributed by atoms with Crippen LogP contribution < -0.4 is 10.1 Å². The first-order valence-corrected chi connectivity index (χ1v) is 5.58. The number of nitrogens with zero attached hydrogens (tertiary/aromatic N) is 1. The molecule has 0 bridgehead atoms. The van der Waals surface area contributed by atoms with Crippen molar-refractivity contribution >= 4 is 11.6 Å². The zero-order chi connectivity index (χ0) is 13.0. The fourth-order valence-electron chi connectivity index (χ4n) is 1.67. The predicted octanol–water partition coefficient (Wildman–Crippen LogP) is 1.89. The van der Waals surface area contributed by atoms with Crippen molar-refractivity contribution in [3.05, 3.63) is 23.8 Å². The summed E-state index contributed by atoms with van der Waals surface area (Å²) < 4.78 is 5.19. The van der Waals surface area contributed by atoms with Crippen molar-refractivity contribution in [2.75, 3.05) is 26.5 Å². The molecule has 0 heterocycles. The van der Waals surface area contributed by atoms with E-state index >= 15 is 0 Å². The van der Waals surface area contributed by atoms with E-state index in [9.17, 15) is 4.79 Å². The quantitative estimate of drug-likeness (QED) is 0.868. The van der Waals surface area contributed by atoms with Crippen LogP contribution in [0.15, 0.2) is 18.2 Å². The fraction of sp³-hybridized carbons (Fsp3) is 0.462. The van der Waals surface area contributed by atoms with Crippen LogP contribution in [-0.4, -0.2) is 38.1 Å². The minimum absolute atomic E-state index is 0.0541. The van der Waals surface area contributed by atoms with Gasteiger partial charge < -0.3 is 15.0 Å². The van der Waals surface area contributed by atoms with Gasteiger partial charge in [-0.05, 0) is 37.6 Å². The van der Waals surface area contributed by atoms with Gasteiger partial charge in [0.25, 0.3) is 0 Å². The number of aryl methyl sites for hydroxylation is 1. The number of ether oxygens (including phenoxy) is 1. The molecule has 0 radical (unpaired) electrons. The van der Waals surface area contributed by atoms with Crippen molar-refractivity contribution in [1.29, 1.82) is 0 Å². The average Bonchev–Trinajstić information content (AvgIpc) is 2.28. The molecule has 1 unspecified atom stereocenters. The van der Waals surface area contributed by atoms with Crippen molar-refractivity contribution in [2.24, 2.45) is 0 Å². The number of carbonyl (C=O) groups excluding carboxylic acids is 1. The summed E-state index contributed by atoms with van der Waals surface area (Å²) in [5.41, 5.74) is 1.97. The number of amides is 1. The van der Waals surface area contributed by atoms with Crippen LogP contribution in [-0.2, 0) is 4.79 Å². The van der Waals surface area contributed by atoms with E-state index in [1.54, 1.807) is 26.1 Å². The maximum absolute atomic E-state index is 11.7. The molecule has 4 nitrogen and oxygen atoms in total. The van der Waals surface area contributed by atoms with Gasteiger partial charge in [0.15, 0.2) is 0 Å². The van der Waals surface area contributed by atoms with E-state index in [0.29, 0.717) is 0 Å². The van der Waals surface area contributed by atoms with Gasteiger partial charge in [-0.1, -0.05) is 0 Å². The minimum atomic E-state index is -0.238. The first-order valence-electron chi connectivity index (χ1n) is 5.58. The van der Waals surface area contributed by atoms with E-state index < -0.39 is 0 Å². The summed E-state index contributed by atoms with van der Waals surface area (Å²) in [6.45, 7) is 3.82. The summed E-state index contributed by atoms with van der Waals surface area (Å²) in [7, 11) is 5.15. The largest absolute Gasteiger partial charge is 0.496 e. The number of nitrogens with one attached hydrogen (secondary N) is 1. The Morgan fingerprint density at radius 3 is 2.53 bits per heavy atom. The molecule has 1 amide bonds.